The van der Waals surface area contributed by atoms with Gasteiger partial charge in [-0.3, -0.25) is 4.79 Å². The highest BCUT2D eigenvalue weighted by molar-refractivity contribution is 6.30. The summed E-state index contributed by atoms with van der Waals surface area (Å²) in [7, 11) is 0. The van der Waals surface area contributed by atoms with Gasteiger partial charge in [-0.05, 0) is 42.8 Å². The molecular weight excluding hydrogens is 336 g/mol. The molecule has 132 valence electrons. The van der Waals surface area contributed by atoms with Gasteiger partial charge in [0.05, 0.1) is 6.61 Å². The van der Waals surface area contributed by atoms with Crippen molar-refractivity contribution in [1.29, 1.82) is 0 Å². The van der Waals surface area contributed by atoms with Crippen LogP contribution in [0.5, 0.6) is 5.75 Å². The quantitative estimate of drug-likeness (QED) is 0.735. The molecule has 1 amide bonds. The second kappa shape index (κ2) is 8.77. The molecule has 0 atom stereocenters. The molecule has 1 aliphatic rings. The number of amides is 1. The van der Waals surface area contributed by atoms with Crippen LogP contribution in [0.4, 0.5) is 5.69 Å². The summed E-state index contributed by atoms with van der Waals surface area (Å²) >= 11 is 5.84. The van der Waals surface area contributed by atoms with E-state index in [1.54, 1.807) is 12.1 Å². The van der Waals surface area contributed by atoms with Crippen molar-refractivity contribution in [3.63, 3.8) is 0 Å². The molecule has 3 rings (SSSR count). The highest BCUT2D eigenvalue weighted by atomic mass is 35.5. The molecule has 0 spiro atoms. The van der Waals surface area contributed by atoms with E-state index in [4.69, 9.17) is 16.3 Å². The van der Waals surface area contributed by atoms with Gasteiger partial charge in [-0.1, -0.05) is 29.8 Å². The van der Waals surface area contributed by atoms with Crippen LogP contribution in [0.25, 0.3) is 0 Å². The number of nitrogens with zero attached hydrogens (tertiary/aromatic N) is 2. The van der Waals surface area contributed by atoms with Gasteiger partial charge < -0.3 is 14.5 Å². The van der Waals surface area contributed by atoms with Crippen LogP contribution in [0, 0.1) is 0 Å². The van der Waals surface area contributed by atoms with Gasteiger partial charge in [-0.15, -0.1) is 0 Å². The van der Waals surface area contributed by atoms with E-state index in [0.29, 0.717) is 18.1 Å². The molecule has 1 saturated heterocycles. The number of ether oxygens (including phenoxy) is 1. The van der Waals surface area contributed by atoms with Crippen molar-refractivity contribution in [2.75, 3.05) is 37.7 Å². The highest BCUT2D eigenvalue weighted by Crippen LogP contribution is 2.17. The lowest BCUT2D eigenvalue weighted by atomic mass is 10.2. The van der Waals surface area contributed by atoms with Gasteiger partial charge in [0, 0.05) is 43.3 Å². The minimum atomic E-state index is 0.215. The Kier molecular flexibility index (Phi) is 6.18. The second-order valence-corrected chi connectivity index (χ2v) is 6.55. The van der Waals surface area contributed by atoms with E-state index in [1.165, 1.54) is 5.69 Å². The third kappa shape index (κ3) is 5.13. The Balaban J connectivity index is 1.36. The van der Waals surface area contributed by atoms with Gasteiger partial charge in [-0.25, -0.2) is 0 Å². The monoisotopic (exact) mass is 358 g/mol. The van der Waals surface area contributed by atoms with Crippen LogP contribution in [0.1, 0.15) is 12.8 Å². The molecule has 25 heavy (non-hydrogen) atoms. The van der Waals surface area contributed by atoms with Crippen molar-refractivity contribution in [2.45, 2.75) is 12.8 Å². The summed E-state index contributed by atoms with van der Waals surface area (Å²) in [5.41, 5.74) is 1.23. The largest absolute Gasteiger partial charge is 0.494 e. The molecule has 2 aromatic rings. The Morgan fingerprint density at radius 2 is 1.64 bits per heavy atom. The summed E-state index contributed by atoms with van der Waals surface area (Å²) in [5, 5.41) is 0.692. The SMILES string of the molecule is O=C(CCCOc1ccc(Cl)cc1)N1CCN(c2ccccc2)CC1. The van der Waals surface area contributed by atoms with Crippen LogP contribution in [0.3, 0.4) is 0 Å². The Morgan fingerprint density at radius 3 is 2.32 bits per heavy atom. The summed E-state index contributed by atoms with van der Waals surface area (Å²) in [6.45, 7) is 3.88. The van der Waals surface area contributed by atoms with Gasteiger partial charge >= 0.3 is 0 Å². The minimum Gasteiger partial charge on any atom is -0.494 e. The van der Waals surface area contributed by atoms with Gasteiger partial charge in [0.1, 0.15) is 5.75 Å². The maximum atomic E-state index is 12.3. The van der Waals surface area contributed by atoms with Crippen LogP contribution < -0.4 is 9.64 Å². The highest BCUT2D eigenvalue weighted by Gasteiger charge is 2.20. The Bertz CT molecular complexity index is 668. The van der Waals surface area contributed by atoms with E-state index in [0.717, 1.165) is 38.3 Å². The molecule has 0 radical (unpaired) electrons. The number of carbonyl (C=O) groups is 1. The van der Waals surface area contributed by atoms with Crippen LogP contribution in [-0.2, 0) is 4.79 Å². The molecule has 0 saturated carbocycles. The average molecular weight is 359 g/mol. The lowest BCUT2D eigenvalue weighted by Crippen LogP contribution is -2.48. The number of halogens is 1. The van der Waals surface area contributed by atoms with E-state index in [-0.39, 0.29) is 5.91 Å². The lowest BCUT2D eigenvalue weighted by Gasteiger charge is -2.36. The standard InChI is InChI=1S/C20H23ClN2O2/c21-17-8-10-19(11-9-17)25-16-4-7-20(24)23-14-12-22(13-15-23)18-5-2-1-3-6-18/h1-3,5-6,8-11H,4,7,12-16H2. The molecule has 0 aliphatic carbocycles. The predicted molar refractivity (Wildman–Crippen MR) is 101 cm³/mol. The Labute approximate surface area is 154 Å². The fraction of sp³-hybridized carbons (Fsp3) is 0.350. The van der Waals surface area contributed by atoms with Gasteiger partial charge in [0.2, 0.25) is 5.91 Å². The first kappa shape index (κ1) is 17.6. The summed E-state index contributed by atoms with van der Waals surface area (Å²) < 4.78 is 5.64. The maximum absolute atomic E-state index is 12.3. The first-order chi connectivity index (χ1) is 12.2. The minimum absolute atomic E-state index is 0.215. The number of benzene rings is 2. The van der Waals surface area contributed by atoms with Crippen LogP contribution in [0.15, 0.2) is 54.6 Å². The van der Waals surface area contributed by atoms with Crippen molar-refractivity contribution in [3.8, 4) is 5.75 Å². The van der Waals surface area contributed by atoms with E-state index in [2.05, 4.69) is 17.0 Å². The van der Waals surface area contributed by atoms with E-state index in [9.17, 15) is 4.79 Å². The van der Waals surface area contributed by atoms with Crippen LogP contribution in [0.2, 0.25) is 5.02 Å². The molecule has 1 heterocycles. The van der Waals surface area contributed by atoms with Crippen molar-refractivity contribution in [1.82, 2.24) is 4.90 Å². The zero-order chi connectivity index (χ0) is 17.5. The molecule has 2 aromatic carbocycles. The summed E-state index contributed by atoms with van der Waals surface area (Å²) in [5.74, 6) is 1.00. The fourth-order valence-corrected chi connectivity index (χ4v) is 3.08. The van der Waals surface area contributed by atoms with E-state index in [1.807, 2.05) is 35.2 Å². The molecule has 5 heteroatoms. The molecule has 0 unspecified atom stereocenters. The Morgan fingerprint density at radius 1 is 0.960 bits per heavy atom. The topological polar surface area (TPSA) is 32.8 Å². The molecular formula is C20H23ClN2O2. The summed E-state index contributed by atoms with van der Waals surface area (Å²) in [6.07, 6.45) is 1.25. The van der Waals surface area contributed by atoms with Crippen LogP contribution >= 0.6 is 11.6 Å². The van der Waals surface area contributed by atoms with Crippen molar-refractivity contribution in [2.24, 2.45) is 0 Å². The van der Waals surface area contributed by atoms with E-state index < -0.39 is 0 Å². The molecule has 0 bridgehead atoms. The predicted octanol–water partition coefficient (Wildman–Crippen LogP) is 3.85. The average Bonchev–Trinajstić information content (AvgIpc) is 2.67. The summed E-state index contributed by atoms with van der Waals surface area (Å²) in [4.78, 5) is 16.6. The van der Waals surface area contributed by atoms with Crippen molar-refractivity contribution >= 4 is 23.2 Å². The molecule has 0 aromatic heterocycles. The van der Waals surface area contributed by atoms with E-state index >= 15 is 0 Å². The molecule has 4 nitrogen and oxygen atoms in total. The zero-order valence-electron chi connectivity index (χ0n) is 14.2. The normalized spacial score (nSPS) is 14.4. The number of hydrogen-bond acceptors (Lipinski definition) is 3. The van der Waals surface area contributed by atoms with Gasteiger partial charge in [0.25, 0.3) is 0 Å². The number of rotatable bonds is 6. The first-order valence-electron chi connectivity index (χ1n) is 8.68. The number of para-hydroxylation sites is 1. The summed E-state index contributed by atoms with van der Waals surface area (Å²) in [6, 6.07) is 17.6. The van der Waals surface area contributed by atoms with Gasteiger partial charge in [-0.2, -0.15) is 0 Å². The first-order valence-corrected chi connectivity index (χ1v) is 9.06. The number of carbonyl (C=O) groups excluding carboxylic acids is 1. The molecule has 1 fully saturated rings. The van der Waals surface area contributed by atoms with Crippen molar-refractivity contribution < 1.29 is 9.53 Å². The number of hydrogen-bond donors (Lipinski definition) is 0. The second-order valence-electron chi connectivity index (χ2n) is 6.11. The Hall–Kier alpha value is -2.20. The number of anilines is 1. The zero-order valence-corrected chi connectivity index (χ0v) is 15.0. The van der Waals surface area contributed by atoms with Crippen LogP contribution in [-0.4, -0.2) is 43.6 Å². The van der Waals surface area contributed by atoms with Crippen molar-refractivity contribution in [3.05, 3.63) is 59.6 Å². The lowest BCUT2D eigenvalue weighted by molar-refractivity contribution is -0.131. The van der Waals surface area contributed by atoms with Gasteiger partial charge in [0.15, 0.2) is 0 Å². The maximum Gasteiger partial charge on any atom is 0.222 e. The smallest absolute Gasteiger partial charge is 0.222 e. The third-order valence-corrected chi connectivity index (χ3v) is 4.62. The molecule has 1 aliphatic heterocycles. The third-order valence-electron chi connectivity index (χ3n) is 4.37. The fourth-order valence-electron chi connectivity index (χ4n) is 2.96. The number of piperazine rings is 1. The molecule has 0 N–H and O–H groups in total.